The van der Waals surface area contributed by atoms with E-state index in [0.717, 1.165) is 4.90 Å². The van der Waals surface area contributed by atoms with Crippen molar-refractivity contribution < 1.29 is 23.9 Å². The first-order valence-corrected chi connectivity index (χ1v) is 7.49. The van der Waals surface area contributed by atoms with Crippen molar-refractivity contribution >= 4 is 24.0 Å². The van der Waals surface area contributed by atoms with Gasteiger partial charge in [0.05, 0.1) is 25.4 Å². The van der Waals surface area contributed by atoms with Crippen LogP contribution >= 0.6 is 0 Å². The van der Waals surface area contributed by atoms with Crippen LogP contribution in [0.2, 0.25) is 0 Å². The van der Waals surface area contributed by atoms with E-state index in [2.05, 4.69) is 5.32 Å². The molecule has 0 aliphatic heterocycles. The molecule has 0 bridgehead atoms. The highest BCUT2D eigenvalue weighted by atomic mass is 16.5. The topological polar surface area (TPSA) is 88.2 Å². The summed E-state index contributed by atoms with van der Waals surface area (Å²) in [7, 11) is 3.06. The molecule has 1 N–H and O–H groups in total. The van der Waals surface area contributed by atoms with Gasteiger partial charge in [-0.2, -0.15) is 0 Å². The van der Waals surface area contributed by atoms with Gasteiger partial charge in [-0.25, -0.2) is 14.5 Å². The first-order chi connectivity index (χ1) is 11.7. The van der Waals surface area contributed by atoms with Crippen molar-refractivity contribution in [3.63, 3.8) is 0 Å². The Bertz CT molecular complexity index is 516. The fraction of sp³-hybridized carbons (Fsp3) is 0.438. The fourth-order valence-corrected chi connectivity index (χ4v) is 1.95. The second kappa shape index (κ2) is 11.1. The first-order valence-electron chi connectivity index (χ1n) is 7.49. The van der Waals surface area contributed by atoms with Crippen LogP contribution in [0.3, 0.4) is 0 Å². The van der Waals surface area contributed by atoms with E-state index in [-0.39, 0.29) is 6.54 Å². The Balaban J connectivity index is 3.02. The summed E-state index contributed by atoms with van der Waals surface area (Å²) in [5.41, 5.74) is 0.408. The Kier molecular flexibility index (Phi) is 9.10. The summed E-state index contributed by atoms with van der Waals surface area (Å²) in [6.45, 7) is 1.10. The van der Waals surface area contributed by atoms with E-state index in [1.165, 1.54) is 19.1 Å². The van der Waals surface area contributed by atoms with Crippen molar-refractivity contribution in [3.05, 3.63) is 30.3 Å². The van der Waals surface area contributed by atoms with Crippen LogP contribution < -0.4 is 10.2 Å². The van der Waals surface area contributed by atoms with Crippen molar-refractivity contribution in [2.45, 2.75) is 0 Å². The quantitative estimate of drug-likeness (QED) is 0.682. The van der Waals surface area contributed by atoms with Gasteiger partial charge in [0.2, 0.25) is 0 Å². The van der Waals surface area contributed by atoms with Crippen LogP contribution in [0, 0.1) is 0 Å². The van der Waals surface area contributed by atoms with Gasteiger partial charge in [0.15, 0.2) is 0 Å². The van der Waals surface area contributed by atoms with Gasteiger partial charge in [-0.05, 0) is 12.1 Å². The van der Waals surface area contributed by atoms with Crippen LogP contribution in [0.4, 0.5) is 15.3 Å². The number of nitrogens with one attached hydrogen (secondary N) is 1. The number of anilines is 1. The zero-order chi connectivity index (χ0) is 17.8. The number of amides is 4. The number of carbonyl (C=O) groups excluding carboxylic acids is 3. The minimum absolute atomic E-state index is 0.175. The summed E-state index contributed by atoms with van der Waals surface area (Å²) in [5, 5.41) is 2.39. The summed E-state index contributed by atoms with van der Waals surface area (Å²) in [6, 6.07) is 7.32. The summed E-state index contributed by atoms with van der Waals surface area (Å²) >= 11 is 0. The lowest BCUT2D eigenvalue weighted by molar-refractivity contribution is -0.107. The Hall–Kier alpha value is -2.45. The van der Waals surface area contributed by atoms with Crippen molar-refractivity contribution in [1.82, 2.24) is 10.2 Å². The third-order valence-corrected chi connectivity index (χ3v) is 3.15. The second-order valence-electron chi connectivity index (χ2n) is 4.78. The molecule has 24 heavy (non-hydrogen) atoms. The molecule has 0 aliphatic rings. The van der Waals surface area contributed by atoms with Gasteiger partial charge in [-0.15, -0.1) is 0 Å². The highest BCUT2D eigenvalue weighted by molar-refractivity contribution is 6.13. The molecule has 1 aromatic carbocycles. The molecule has 0 atom stereocenters. The van der Waals surface area contributed by atoms with Gasteiger partial charge in [0, 0.05) is 27.3 Å². The molecule has 0 aromatic heterocycles. The molecular weight excluding hydrogens is 314 g/mol. The minimum atomic E-state index is -0.668. The predicted molar refractivity (Wildman–Crippen MR) is 89.1 cm³/mol. The molecule has 0 aliphatic carbocycles. The molecule has 1 rings (SSSR count). The summed E-state index contributed by atoms with van der Waals surface area (Å²) in [4.78, 5) is 38.1. The first kappa shape index (κ1) is 19.6. The molecule has 0 heterocycles. The van der Waals surface area contributed by atoms with Crippen molar-refractivity contribution in [2.24, 2.45) is 0 Å². The number of urea groups is 2. The SMILES string of the molecule is COCCN(CCOC)C(=O)N(C(=O)NCC=O)c1ccccc1. The number of hydrogen-bond donors (Lipinski definition) is 1. The maximum atomic E-state index is 12.9. The summed E-state index contributed by atoms with van der Waals surface area (Å²) in [6.07, 6.45) is 0.555. The number of carbonyl (C=O) groups is 3. The monoisotopic (exact) mass is 337 g/mol. The van der Waals surface area contributed by atoms with Gasteiger partial charge in [0.1, 0.15) is 6.29 Å². The molecule has 0 spiro atoms. The van der Waals surface area contributed by atoms with Crippen LogP contribution in [-0.4, -0.2) is 70.3 Å². The van der Waals surface area contributed by atoms with Crippen LogP contribution in [0.25, 0.3) is 0 Å². The molecule has 0 radical (unpaired) electrons. The normalized spacial score (nSPS) is 10.1. The smallest absolute Gasteiger partial charge is 0.332 e. The number of para-hydroxylation sites is 1. The number of imide groups is 1. The standard InChI is InChI=1S/C16H23N3O5/c1-23-12-9-18(10-13-24-2)16(22)19(15(21)17-8-11-20)14-6-4-3-5-7-14/h3-7,11H,8-10,12-13H2,1-2H3,(H,17,21). The van der Waals surface area contributed by atoms with Crippen molar-refractivity contribution in [1.29, 1.82) is 0 Å². The second-order valence-corrected chi connectivity index (χ2v) is 4.78. The lowest BCUT2D eigenvalue weighted by Crippen LogP contribution is -2.52. The number of ether oxygens (including phenoxy) is 2. The number of benzene rings is 1. The van der Waals surface area contributed by atoms with Crippen molar-refractivity contribution in [2.75, 3.05) is 52.0 Å². The molecule has 0 saturated carbocycles. The van der Waals surface area contributed by atoms with Gasteiger partial charge < -0.3 is 24.5 Å². The summed E-state index contributed by atoms with van der Waals surface area (Å²) in [5.74, 6) is 0. The summed E-state index contributed by atoms with van der Waals surface area (Å²) < 4.78 is 10.0. The van der Waals surface area contributed by atoms with Crippen LogP contribution in [0.1, 0.15) is 0 Å². The lowest BCUT2D eigenvalue weighted by Gasteiger charge is -2.29. The van der Waals surface area contributed by atoms with Crippen molar-refractivity contribution in [3.8, 4) is 0 Å². The van der Waals surface area contributed by atoms with Gasteiger partial charge in [-0.1, -0.05) is 18.2 Å². The predicted octanol–water partition coefficient (Wildman–Crippen LogP) is 1.12. The Morgan fingerprint density at radius 3 is 2.17 bits per heavy atom. The van der Waals surface area contributed by atoms with Gasteiger partial charge in [-0.3, -0.25) is 0 Å². The Morgan fingerprint density at radius 1 is 1.08 bits per heavy atom. The molecule has 0 fully saturated rings. The van der Waals surface area contributed by atoms with E-state index in [4.69, 9.17) is 9.47 Å². The molecule has 0 unspecified atom stereocenters. The van der Waals surface area contributed by atoms with Gasteiger partial charge in [0.25, 0.3) is 0 Å². The van der Waals surface area contributed by atoms with Crippen LogP contribution in [-0.2, 0) is 14.3 Å². The molecule has 132 valence electrons. The van der Waals surface area contributed by atoms with E-state index in [9.17, 15) is 14.4 Å². The fourth-order valence-electron chi connectivity index (χ4n) is 1.95. The largest absolute Gasteiger partial charge is 0.383 e. The average Bonchev–Trinajstić information content (AvgIpc) is 2.61. The number of hydrogen-bond acceptors (Lipinski definition) is 5. The van der Waals surface area contributed by atoms with Crippen LogP contribution in [0.5, 0.6) is 0 Å². The maximum absolute atomic E-state index is 12.9. The maximum Gasteiger partial charge on any atom is 0.332 e. The molecular formula is C16H23N3O5. The molecule has 4 amide bonds. The molecule has 1 aromatic rings. The number of aldehydes is 1. The van der Waals surface area contributed by atoms with E-state index in [0.29, 0.717) is 38.3 Å². The van der Waals surface area contributed by atoms with E-state index >= 15 is 0 Å². The van der Waals surface area contributed by atoms with E-state index in [1.807, 2.05) is 0 Å². The molecule has 8 heteroatoms. The third kappa shape index (κ3) is 5.98. The van der Waals surface area contributed by atoms with E-state index in [1.54, 1.807) is 30.3 Å². The zero-order valence-electron chi connectivity index (χ0n) is 13.9. The molecule has 0 saturated heterocycles. The van der Waals surface area contributed by atoms with Crippen LogP contribution in [0.15, 0.2) is 30.3 Å². The number of nitrogens with zero attached hydrogens (tertiary/aromatic N) is 2. The zero-order valence-corrected chi connectivity index (χ0v) is 13.9. The lowest BCUT2D eigenvalue weighted by atomic mass is 10.3. The number of methoxy groups -OCH3 is 2. The molecule has 8 nitrogen and oxygen atoms in total. The highest BCUT2D eigenvalue weighted by Crippen LogP contribution is 2.16. The minimum Gasteiger partial charge on any atom is -0.383 e. The Morgan fingerprint density at radius 2 is 1.67 bits per heavy atom. The Labute approximate surface area is 141 Å². The highest BCUT2D eigenvalue weighted by Gasteiger charge is 2.27. The van der Waals surface area contributed by atoms with Gasteiger partial charge >= 0.3 is 12.1 Å². The average molecular weight is 337 g/mol. The van der Waals surface area contributed by atoms with E-state index < -0.39 is 12.1 Å². The number of rotatable bonds is 9. The third-order valence-electron chi connectivity index (χ3n) is 3.15.